The molecule has 0 aliphatic carbocycles. The van der Waals surface area contributed by atoms with Gasteiger partial charge in [-0.3, -0.25) is 9.78 Å². The summed E-state index contributed by atoms with van der Waals surface area (Å²) in [5.41, 5.74) is 6.58. The van der Waals surface area contributed by atoms with Gasteiger partial charge in [-0.2, -0.15) is 0 Å². The molecule has 0 radical (unpaired) electrons. The van der Waals surface area contributed by atoms with Gasteiger partial charge in [0.15, 0.2) is 5.78 Å². The van der Waals surface area contributed by atoms with Crippen molar-refractivity contribution in [1.82, 2.24) is 4.98 Å². The van der Waals surface area contributed by atoms with Gasteiger partial charge in [0, 0.05) is 6.42 Å². The Morgan fingerprint density at radius 1 is 1.50 bits per heavy atom. The second-order valence-corrected chi connectivity index (χ2v) is 3.83. The fraction of sp³-hybridized carbons (Fsp3) is 0.455. The third-order valence-electron chi connectivity index (χ3n) is 2.02. The van der Waals surface area contributed by atoms with Gasteiger partial charge in [0.05, 0.1) is 11.9 Å². The number of ketones is 1. The van der Waals surface area contributed by atoms with Gasteiger partial charge in [0.2, 0.25) is 0 Å². The molecule has 1 heterocycles. The molecule has 14 heavy (non-hydrogen) atoms. The quantitative estimate of drug-likeness (QED) is 0.744. The lowest BCUT2D eigenvalue weighted by Gasteiger charge is -2.03. The molecule has 0 aliphatic rings. The average molecular weight is 192 g/mol. The van der Waals surface area contributed by atoms with Crippen molar-refractivity contribution in [1.29, 1.82) is 0 Å². The third kappa shape index (κ3) is 3.17. The van der Waals surface area contributed by atoms with Crippen LogP contribution in [0.1, 0.15) is 37.2 Å². The summed E-state index contributed by atoms with van der Waals surface area (Å²) in [5, 5.41) is 0. The maximum Gasteiger partial charge on any atom is 0.181 e. The van der Waals surface area contributed by atoms with Crippen LogP contribution in [0, 0.1) is 5.92 Å². The standard InChI is InChI=1S/C11H16N2O/c1-8(2)3-6-11(14)10-5-4-9(12)7-13-10/h4-5,7-8H,3,6,12H2,1-2H3. The van der Waals surface area contributed by atoms with Crippen LogP contribution in [0.25, 0.3) is 0 Å². The highest BCUT2D eigenvalue weighted by Gasteiger charge is 2.07. The summed E-state index contributed by atoms with van der Waals surface area (Å²) in [6, 6.07) is 3.38. The number of hydrogen-bond donors (Lipinski definition) is 1. The van der Waals surface area contributed by atoms with Crippen LogP contribution < -0.4 is 5.73 Å². The van der Waals surface area contributed by atoms with E-state index in [-0.39, 0.29) is 5.78 Å². The van der Waals surface area contributed by atoms with Gasteiger partial charge in [0.25, 0.3) is 0 Å². The highest BCUT2D eigenvalue weighted by atomic mass is 16.1. The van der Waals surface area contributed by atoms with Crippen molar-refractivity contribution >= 4 is 11.5 Å². The van der Waals surface area contributed by atoms with E-state index < -0.39 is 0 Å². The number of carbonyl (C=O) groups excluding carboxylic acids is 1. The first-order valence-electron chi connectivity index (χ1n) is 4.84. The van der Waals surface area contributed by atoms with Gasteiger partial charge in [0.1, 0.15) is 5.69 Å². The van der Waals surface area contributed by atoms with E-state index in [4.69, 9.17) is 5.73 Å². The van der Waals surface area contributed by atoms with Gasteiger partial charge in [-0.25, -0.2) is 0 Å². The van der Waals surface area contributed by atoms with E-state index in [9.17, 15) is 4.79 Å². The lowest BCUT2D eigenvalue weighted by molar-refractivity contribution is 0.0970. The van der Waals surface area contributed by atoms with Crippen molar-refractivity contribution in [3.05, 3.63) is 24.0 Å². The number of aromatic nitrogens is 1. The van der Waals surface area contributed by atoms with Gasteiger partial charge in [-0.05, 0) is 24.5 Å². The van der Waals surface area contributed by atoms with Crippen molar-refractivity contribution < 1.29 is 4.79 Å². The van der Waals surface area contributed by atoms with E-state index in [1.54, 1.807) is 12.1 Å². The second-order valence-electron chi connectivity index (χ2n) is 3.83. The molecule has 0 amide bonds. The molecule has 1 rings (SSSR count). The number of nitrogen functional groups attached to an aromatic ring is 1. The zero-order valence-electron chi connectivity index (χ0n) is 8.66. The van der Waals surface area contributed by atoms with Gasteiger partial charge < -0.3 is 5.73 Å². The van der Waals surface area contributed by atoms with Crippen LogP contribution in [0.3, 0.4) is 0 Å². The molecule has 0 atom stereocenters. The lowest BCUT2D eigenvalue weighted by Crippen LogP contribution is -2.04. The van der Waals surface area contributed by atoms with E-state index in [1.807, 2.05) is 0 Å². The number of nitrogens with zero attached hydrogens (tertiary/aromatic N) is 1. The molecule has 2 N–H and O–H groups in total. The Kier molecular flexibility index (Phi) is 3.63. The highest BCUT2D eigenvalue weighted by molar-refractivity contribution is 5.94. The Bertz CT molecular complexity index is 304. The molecule has 3 heteroatoms. The predicted molar refractivity (Wildman–Crippen MR) is 57.1 cm³/mol. The SMILES string of the molecule is CC(C)CCC(=O)c1ccc(N)cn1. The molecule has 0 fully saturated rings. The van der Waals surface area contributed by atoms with E-state index >= 15 is 0 Å². The summed E-state index contributed by atoms with van der Waals surface area (Å²) in [6.45, 7) is 4.20. The number of carbonyl (C=O) groups is 1. The average Bonchev–Trinajstić information content (AvgIpc) is 2.15. The summed E-state index contributed by atoms with van der Waals surface area (Å²) < 4.78 is 0. The molecule has 0 aromatic carbocycles. The zero-order chi connectivity index (χ0) is 10.6. The number of rotatable bonds is 4. The largest absolute Gasteiger partial charge is 0.397 e. The third-order valence-corrected chi connectivity index (χ3v) is 2.02. The minimum atomic E-state index is 0.0960. The van der Waals surface area contributed by atoms with Gasteiger partial charge >= 0.3 is 0 Å². The summed E-state index contributed by atoms with van der Waals surface area (Å²) in [6.07, 6.45) is 2.99. The number of Topliss-reactive ketones (excluding diaryl/α,β-unsaturated/α-hetero) is 1. The Hall–Kier alpha value is -1.38. The fourth-order valence-electron chi connectivity index (χ4n) is 1.12. The van der Waals surface area contributed by atoms with Crippen LogP contribution in [0.4, 0.5) is 5.69 Å². The summed E-state index contributed by atoms with van der Waals surface area (Å²) >= 11 is 0. The predicted octanol–water partition coefficient (Wildman–Crippen LogP) is 2.28. The minimum Gasteiger partial charge on any atom is -0.397 e. The summed E-state index contributed by atoms with van der Waals surface area (Å²) in [7, 11) is 0. The van der Waals surface area contributed by atoms with Crippen LogP contribution in [0.5, 0.6) is 0 Å². The molecular formula is C11H16N2O. The van der Waals surface area contributed by atoms with Crippen molar-refractivity contribution in [2.75, 3.05) is 5.73 Å². The van der Waals surface area contributed by atoms with Gasteiger partial charge in [-0.15, -0.1) is 0 Å². The molecule has 1 aromatic rings. The lowest BCUT2D eigenvalue weighted by atomic mass is 10.0. The van der Waals surface area contributed by atoms with Crippen LogP contribution in [-0.4, -0.2) is 10.8 Å². The first-order valence-corrected chi connectivity index (χ1v) is 4.84. The van der Waals surface area contributed by atoms with E-state index in [0.29, 0.717) is 23.7 Å². The van der Waals surface area contributed by atoms with Gasteiger partial charge in [-0.1, -0.05) is 13.8 Å². The monoisotopic (exact) mass is 192 g/mol. The van der Waals surface area contributed by atoms with Crippen molar-refractivity contribution in [3.63, 3.8) is 0 Å². The summed E-state index contributed by atoms with van der Waals surface area (Å²) in [4.78, 5) is 15.5. The van der Waals surface area contributed by atoms with Crippen LogP contribution in [0.2, 0.25) is 0 Å². The van der Waals surface area contributed by atoms with E-state index in [2.05, 4.69) is 18.8 Å². The molecule has 0 bridgehead atoms. The number of nitrogens with two attached hydrogens (primary N) is 1. The fourth-order valence-corrected chi connectivity index (χ4v) is 1.12. The maximum absolute atomic E-state index is 11.6. The molecule has 3 nitrogen and oxygen atoms in total. The molecule has 1 aromatic heterocycles. The second kappa shape index (κ2) is 4.74. The Morgan fingerprint density at radius 3 is 2.71 bits per heavy atom. The first kappa shape index (κ1) is 10.7. The molecule has 76 valence electrons. The smallest absolute Gasteiger partial charge is 0.181 e. The first-order chi connectivity index (χ1) is 6.59. The number of pyridine rings is 1. The molecule has 0 saturated carbocycles. The van der Waals surface area contributed by atoms with Crippen molar-refractivity contribution in [2.24, 2.45) is 5.92 Å². The van der Waals surface area contributed by atoms with Crippen LogP contribution in [0.15, 0.2) is 18.3 Å². The molecule has 0 unspecified atom stereocenters. The maximum atomic E-state index is 11.6. The zero-order valence-corrected chi connectivity index (χ0v) is 8.66. The normalized spacial score (nSPS) is 10.5. The highest BCUT2D eigenvalue weighted by Crippen LogP contribution is 2.09. The minimum absolute atomic E-state index is 0.0960. The Morgan fingerprint density at radius 2 is 2.21 bits per heavy atom. The summed E-state index contributed by atoms with van der Waals surface area (Å²) in [5.74, 6) is 0.645. The van der Waals surface area contributed by atoms with E-state index in [1.165, 1.54) is 6.20 Å². The van der Waals surface area contributed by atoms with Crippen molar-refractivity contribution in [3.8, 4) is 0 Å². The Balaban J connectivity index is 2.57. The Labute approximate surface area is 84.3 Å². The van der Waals surface area contributed by atoms with Crippen LogP contribution >= 0.6 is 0 Å². The molecule has 0 aliphatic heterocycles. The number of anilines is 1. The molecular weight excluding hydrogens is 176 g/mol. The molecule has 0 spiro atoms. The van der Waals surface area contributed by atoms with E-state index in [0.717, 1.165) is 6.42 Å². The van der Waals surface area contributed by atoms with Crippen LogP contribution in [-0.2, 0) is 0 Å². The molecule has 0 saturated heterocycles. The van der Waals surface area contributed by atoms with Crippen molar-refractivity contribution in [2.45, 2.75) is 26.7 Å². The number of hydrogen-bond acceptors (Lipinski definition) is 3. The topological polar surface area (TPSA) is 56.0 Å².